The molecule has 118 valence electrons. The van der Waals surface area contributed by atoms with E-state index in [0.717, 1.165) is 12.1 Å². The van der Waals surface area contributed by atoms with E-state index >= 15 is 0 Å². The third kappa shape index (κ3) is 4.95. The highest BCUT2D eigenvalue weighted by molar-refractivity contribution is 9.10. The Kier molecular flexibility index (Phi) is 5.37. The summed E-state index contributed by atoms with van der Waals surface area (Å²) >= 11 is 2.83. The van der Waals surface area contributed by atoms with Crippen molar-refractivity contribution in [2.45, 2.75) is 23.9 Å². The zero-order chi connectivity index (χ0) is 16.4. The van der Waals surface area contributed by atoms with E-state index < -0.39 is 56.9 Å². The van der Waals surface area contributed by atoms with Gasteiger partial charge in [0, 0.05) is 10.9 Å². The Morgan fingerprint density at radius 1 is 1.29 bits per heavy atom. The van der Waals surface area contributed by atoms with Gasteiger partial charge in [0.25, 0.3) is 0 Å². The first-order chi connectivity index (χ1) is 9.44. The zero-order valence-corrected chi connectivity index (χ0v) is 12.6. The standard InChI is InChI=1S/C11H9BrF4O4S/c12-6-4-7(10(17)18)9(13)8(5-6)21(19,20)3-1-2-11(14,15)16/h4-5H,1-3H2,(H,17,18). The molecule has 0 aliphatic carbocycles. The summed E-state index contributed by atoms with van der Waals surface area (Å²) in [6.07, 6.45) is -6.58. The van der Waals surface area contributed by atoms with Crippen LogP contribution in [0.25, 0.3) is 0 Å². The lowest BCUT2D eigenvalue weighted by Crippen LogP contribution is -2.15. The van der Waals surface area contributed by atoms with Gasteiger partial charge >= 0.3 is 12.1 Å². The molecule has 0 amide bonds. The molecule has 1 aromatic rings. The molecule has 0 unspecified atom stereocenters. The summed E-state index contributed by atoms with van der Waals surface area (Å²) in [5.74, 6) is -4.10. The second-order valence-electron chi connectivity index (χ2n) is 4.11. The molecule has 0 bridgehead atoms. The van der Waals surface area contributed by atoms with Crippen molar-refractivity contribution >= 4 is 31.7 Å². The van der Waals surface area contributed by atoms with Crippen LogP contribution in [0.1, 0.15) is 23.2 Å². The van der Waals surface area contributed by atoms with Crippen LogP contribution in [0.15, 0.2) is 21.5 Å². The normalized spacial score (nSPS) is 12.4. The molecule has 0 aliphatic rings. The van der Waals surface area contributed by atoms with Crippen LogP contribution in [0.5, 0.6) is 0 Å². The van der Waals surface area contributed by atoms with Crippen LogP contribution in [-0.2, 0) is 9.84 Å². The Morgan fingerprint density at radius 3 is 2.33 bits per heavy atom. The lowest BCUT2D eigenvalue weighted by molar-refractivity contribution is -0.134. The van der Waals surface area contributed by atoms with E-state index in [4.69, 9.17) is 5.11 Å². The van der Waals surface area contributed by atoms with Gasteiger partial charge in [-0.1, -0.05) is 15.9 Å². The molecular weight excluding hydrogens is 384 g/mol. The Balaban J connectivity index is 3.12. The van der Waals surface area contributed by atoms with Crippen molar-refractivity contribution in [3.63, 3.8) is 0 Å². The second-order valence-corrected chi connectivity index (χ2v) is 7.10. The van der Waals surface area contributed by atoms with Gasteiger partial charge in [-0.15, -0.1) is 0 Å². The third-order valence-electron chi connectivity index (χ3n) is 2.44. The number of carboxylic acid groups (broad SMARTS) is 1. The molecule has 0 atom stereocenters. The maximum atomic E-state index is 13.9. The minimum atomic E-state index is -4.52. The number of hydrogen-bond acceptors (Lipinski definition) is 3. The lowest BCUT2D eigenvalue weighted by atomic mass is 10.2. The molecule has 0 aliphatic heterocycles. The van der Waals surface area contributed by atoms with E-state index in [1.807, 2.05) is 0 Å². The number of halogens is 5. The highest BCUT2D eigenvalue weighted by Crippen LogP contribution is 2.27. The van der Waals surface area contributed by atoms with Crippen molar-refractivity contribution in [1.29, 1.82) is 0 Å². The number of benzene rings is 1. The van der Waals surface area contributed by atoms with Crippen LogP contribution in [-0.4, -0.2) is 31.4 Å². The number of aromatic carboxylic acids is 1. The molecule has 0 spiro atoms. The van der Waals surface area contributed by atoms with Gasteiger partial charge < -0.3 is 5.11 Å². The monoisotopic (exact) mass is 392 g/mol. The molecule has 21 heavy (non-hydrogen) atoms. The molecule has 1 rings (SSSR count). The van der Waals surface area contributed by atoms with Gasteiger partial charge in [-0.25, -0.2) is 17.6 Å². The fourth-order valence-corrected chi connectivity index (χ4v) is 3.56. The van der Waals surface area contributed by atoms with Crippen LogP contribution in [0.4, 0.5) is 17.6 Å². The molecule has 0 radical (unpaired) electrons. The highest BCUT2D eigenvalue weighted by Gasteiger charge is 2.29. The summed E-state index contributed by atoms with van der Waals surface area (Å²) in [5.41, 5.74) is -0.876. The van der Waals surface area contributed by atoms with Crippen LogP contribution in [0.3, 0.4) is 0 Å². The first-order valence-corrected chi connectivity index (χ1v) is 7.90. The lowest BCUT2D eigenvalue weighted by Gasteiger charge is -2.09. The molecule has 0 aromatic heterocycles. The Morgan fingerprint density at radius 2 is 1.86 bits per heavy atom. The molecule has 0 saturated carbocycles. The van der Waals surface area contributed by atoms with E-state index in [9.17, 15) is 30.8 Å². The smallest absolute Gasteiger partial charge is 0.389 e. The van der Waals surface area contributed by atoms with Crippen molar-refractivity contribution in [2.24, 2.45) is 0 Å². The zero-order valence-electron chi connectivity index (χ0n) is 10.2. The first kappa shape index (κ1) is 17.9. The highest BCUT2D eigenvalue weighted by atomic mass is 79.9. The quantitative estimate of drug-likeness (QED) is 0.779. The van der Waals surface area contributed by atoms with Crippen molar-refractivity contribution in [3.05, 3.63) is 28.0 Å². The number of hydrogen-bond donors (Lipinski definition) is 1. The first-order valence-electron chi connectivity index (χ1n) is 5.46. The molecule has 0 saturated heterocycles. The molecule has 0 heterocycles. The van der Waals surface area contributed by atoms with E-state index in [1.165, 1.54) is 0 Å². The van der Waals surface area contributed by atoms with Crippen molar-refractivity contribution in [2.75, 3.05) is 5.75 Å². The fraction of sp³-hybridized carbons (Fsp3) is 0.364. The van der Waals surface area contributed by atoms with Gasteiger partial charge in [0.2, 0.25) is 0 Å². The van der Waals surface area contributed by atoms with Crippen LogP contribution < -0.4 is 0 Å². The van der Waals surface area contributed by atoms with Crippen molar-refractivity contribution < 1.29 is 35.9 Å². The van der Waals surface area contributed by atoms with Gasteiger partial charge in [0.05, 0.1) is 11.3 Å². The number of sulfone groups is 1. The van der Waals surface area contributed by atoms with E-state index in [1.54, 1.807) is 0 Å². The Hall–Kier alpha value is -1.16. The summed E-state index contributed by atoms with van der Waals surface area (Å²) in [6.45, 7) is 0. The van der Waals surface area contributed by atoms with Crippen molar-refractivity contribution in [3.8, 4) is 0 Å². The van der Waals surface area contributed by atoms with Crippen LogP contribution in [0.2, 0.25) is 0 Å². The average Bonchev–Trinajstić information content (AvgIpc) is 2.29. The number of carbonyl (C=O) groups is 1. The van der Waals surface area contributed by atoms with E-state index in [2.05, 4.69) is 15.9 Å². The summed E-state index contributed by atoms with van der Waals surface area (Å²) in [4.78, 5) is 9.86. The fourth-order valence-electron chi connectivity index (χ4n) is 1.52. The minimum absolute atomic E-state index is 0.00398. The van der Waals surface area contributed by atoms with E-state index in [0.29, 0.717) is 0 Å². The summed E-state index contributed by atoms with van der Waals surface area (Å²) in [7, 11) is -4.36. The van der Waals surface area contributed by atoms with E-state index in [-0.39, 0.29) is 4.47 Å². The maximum Gasteiger partial charge on any atom is 0.389 e. The SMILES string of the molecule is O=C(O)c1cc(Br)cc(S(=O)(=O)CCCC(F)(F)F)c1F. The van der Waals surface area contributed by atoms with Gasteiger partial charge in [0.1, 0.15) is 4.90 Å². The molecule has 1 N–H and O–H groups in total. The summed E-state index contributed by atoms with van der Waals surface area (Å²) in [5, 5.41) is 8.76. The summed E-state index contributed by atoms with van der Waals surface area (Å²) in [6, 6.07) is 1.69. The largest absolute Gasteiger partial charge is 0.478 e. The number of rotatable bonds is 5. The predicted octanol–water partition coefficient (Wildman–Crippen LogP) is 3.40. The third-order valence-corrected chi connectivity index (χ3v) is 4.69. The topological polar surface area (TPSA) is 71.4 Å². The molecule has 10 heteroatoms. The van der Waals surface area contributed by atoms with Gasteiger partial charge in [-0.05, 0) is 18.6 Å². The predicted molar refractivity (Wildman–Crippen MR) is 68.4 cm³/mol. The Bertz CT molecular complexity index is 655. The van der Waals surface area contributed by atoms with Crippen molar-refractivity contribution in [1.82, 2.24) is 0 Å². The van der Waals surface area contributed by atoms with Gasteiger partial charge in [-0.3, -0.25) is 0 Å². The maximum absolute atomic E-state index is 13.9. The number of carboxylic acids is 1. The Labute approximate surface area is 125 Å². The molecular formula is C11H9BrF4O4S. The summed E-state index contributed by atoms with van der Waals surface area (Å²) < 4.78 is 73.5. The van der Waals surface area contributed by atoms with Crippen LogP contribution >= 0.6 is 15.9 Å². The second kappa shape index (κ2) is 6.30. The number of alkyl halides is 3. The molecule has 4 nitrogen and oxygen atoms in total. The average molecular weight is 393 g/mol. The van der Waals surface area contributed by atoms with Gasteiger partial charge in [-0.2, -0.15) is 13.2 Å². The van der Waals surface area contributed by atoms with Gasteiger partial charge in [0.15, 0.2) is 15.7 Å². The van der Waals surface area contributed by atoms with Crippen LogP contribution in [0, 0.1) is 5.82 Å². The minimum Gasteiger partial charge on any atom is -0.478 e. The molecule has 1 aromatic carbocycles. The molecule has 0 fully saturated rings.